The molecule has 138 valence electrons. The quantitative estimate of drug-likeness (QED) is 0.816. The zero-order chi connectivity index (χ0) is 18.8. The van der Waals surface area contributed by atoms with E-state index in [0.29, 0.717) is 12.8 Å². The number of alkyl halides is 3. The standard InChI is InChI=1S/C15H17F3N2O4S/c1-10(21)19-14(22)8-20(12-6-7-12)25(23,24)9-11-4-2-3-5-13(11)15(16,17)18/h2-5,12H,6-9H2,1H3,(H,19,21,22). The molecule has 1 N–H and O–H groups in total. The van der Waals surface area contributed by atoms with Gasteiger partial charge in [0.05, 0.1) is 17.9 Å². The molecule has 25 heavy (non-hydrogen) atoms. The van der Waals surface area contributed by atoms with Gasteiger partial charge in [-0.3, -0.25) is 14.9 Å². The molecule has 0 radical (unpaired) electrons. The van der Waals surface area contributed by atoms with Gasteiger partial charge in [-0.1, -0.05) is 18.2 Å². The highest BCUT2D eigenvalue weighted by atomic mass is 32.2. The van der Waals surface area contributed by atoms with Gasteiger partial charge in [-0.2, -0.15) is 17.5 Å². The number of benzene rings is 1. The fourth-order valence-electron chi connectivity index (χ4n) is 2.40. The van der Waals surface area contributed by atoms with E-state index in [4.69, 9.17) is 0 Å². The Morgan fingerprint density at radius 3 is 2.36 bits per heavy atom. The third-order valence-electron chi connectivity index (χ3n) is 3.59. The molecule has 2 amide bonds. The van der Waals surface area contributed by atoms with Gasteiger partial charge in [-0.25, -0.2) is 8.42 Å². The van der Waals surface area contributed by atoms with Crippen molar-refractivity contribution in [3.63, 3.8) is 0 Å². The van der Waals surface area contributed by atoms with Crippen molar-refractivity contribution in [3.05, 3.63) is 35.4 Å². The number of sulfonamides is 1. The maximum absolute atomic E-state index is 13.0. The van der Waals surface area contributed by atoms with Crippen molar-refractivity contribution in [1.82, 2.24) is 9.62 Å². The van der Waals surface area contributed by atoms with E-state index < -0.39 is 51.9 Å². The first kappa shape index (κ1) is 19.4. The van der Waals surface area contributed by atoms with E-state index in [1.54, 1.807) is 0 Å². The SMILES string of the molecule is CC(=O)NC(=O)CN(C1CC1)S(=O)(=O)Cc1ccccc1C(F)(F)F. The fourth-order valence-corrected chi connectivity index (χ4v) is 4.19. The molecule has 1 aromatic carbocycles. The molecule has 0 aliphatic heterocycles. The van der Waals surface area contributed by atoms with E-state index in [-0.39, 0.29) is 5.56 Å². The van der Waals surface area contributed by atoms with Crippen molar-refractivity contribution in [2.45, 2.75) is 37.7 Å². The normalized spacial score (nSPS) is 15.2. The summed E-state index contributed by atoms with van der Waals surface area (Å²) in [5.41, 5.74) is -1.41. The molecule has 0 spiro atoms. The molecule has 1 aromatic rings. The summed E-state index contributed by atoms with van der Waals surface area (Å²) in [7, 11) is -4.16. The van der Waals surface area contributed by atoms with Crippen LogP contribution in [0.2, 0.25) is 0 Å². The monoisotopic (exact) mass is 378 g/mol. The van der Waals surface area contributed by atoms with Gasteiger partial charge in [-0.05, 0) is 24.5 Å². The predicted octanol–water partition coefficient (Wildman–Crippen LogP) is 1.66. The van der Waals surface area contributed by atoms with Gasteiger partial charge in [-0.15, -0.1) is 0 Å². The minimum absolute atomic E-state index is 0.382. The Morgan fingerprint density at radius 1 is 1.24 bits per heavy atom. The maximum atomic E-state index is 13.0. The molecular weight excluding hydrogens is 361 g/mol. The van der Waals surface area contributed by atoms with Crippen molar-refractivity contribution < 1.29 is 31.2 Å². The van der Waals surface area contributed by atoms with E-state index in [1.807, 2.05) is 5.32 Å². The first-order valence-electron chi connectivity index (χ1n) is 7.46. The van der Waals surface area contributed by atoms with Crippen LogP contribution in [0, 0.1) is 0 Å². The van der Waals surface area contributed by atoms with Gasteiger partial charge >= 0.3 is 6.18 Å². The first-order chi connectivity index (χ1) is 11.5. The van der Waals surface area contributed by atoms with Crippen molar-refractivity contribution in [2.24, 2.45) is 0 Å². The highest BCUT2D eigenvalue weighted by Gasteiger charge is 2.40. The minimum atomic E-state index is -4.68. The van der Waals surface area contributed by atoms with Crippen molar-refractivity contribution in [2.75, 3.05) is 6.54 Å². The number of hydrogen-bond donors (Lipinski definition) is 1. The number of amides is 2. The molecular formula is C15H17F3N2O4S. The number of hydrogen-bond acceptors (Lipinski definition) is 4. The van der Waals surface area contributed by atoms with Crippen LogP contribution in [0.5, 0.6) is 0 Å². The summed E-state index contributed by atoms with van der Waals surface area (Å²) in [6, 6.07) is 3.98. The first-order valence-corrected chi connectivity index (χ1v) is 9.06. The Hall–Kier alpha value is -1.94. The number of nitrogens with one attached hydrogen (secondary N) is 1. The van der Waals surface area contributed by atoms with Gasteiger partial charge in [0.2, 0.25) is 21.8 Å². The van der Waals surface area contributed by atoms with Crippen LogP contribution in [0.4, 0.5) is 13.2 Å². The lowest BCUT2D eigenvalue weighted by Crippen LogP contribution is -2.43. The Morgan fingerprint density at radius 2 is 1.84 bits per heavy atom. The lowest BCUT2D eigenvalue weighted by molar-refractivity contribution is -0.138. The van der Waals surface area contributed by atoms with Crippen LogP contribution in [0.25, 0.3) is 0 Å². The molecule has 1 fully saturated rings. The third kappa shape index (κ3) is 5.27. The maximum Gasteiger partial charge on any atom is 0.416 e. The van der Waals surface area contributed by atoms with Crippen LogP contribution in [-0.2, 0) is 31.5 Å². The van der Waals surface area contributed by atoms with E-state index in [0.717, 1.165) is 23.4 Å². The largest absolute Gasteiger partial charge is 0.416 e. The van der Waals surface area contributed by atoms with E-state index in [2.05, 4.69) is 0 Å². The van der Waals surface area contributed by atoms with Gasteiger partial charge in [0.15, 0.2) is 0 Å². The van der Waals surface area contributed by atoms with Crippen molar-refractivity contribution in [3.8, 4) is 0 Å². The Labute approximate surface area is 143 Å². The summed E-state index contributed by atoms with van der Waals surface area (Å²) in [5.74, 6) is -2.32. The molecule has 0 heterocycles. The second kappa shape index (κ2) is 7.12. The molecule has 1 aliphatic rings. The topological polar surface area (TPSA) is 83.6 Å². The molecule has 0 unspecified atom stereocenters. The van der Waals surface area contributed by atoms with Crippen molar-refractivity contribution >= 4 is 21.8 Å². The summed E-state index contributed by atoms with van der Waals surface area (Å²) < 4.78 is 65.1. The van der Waals surface area contributed by atoms with Crippen LogP contribution in [0.3, 0.4) is 0 Å². The van der Waals surface area contributed by atoms with Crippen LogP contribution in [0.1, 0.15) is 30.9 Å². The predicted molar refractivity (Wildman–Crippen MR) is 82.6 cm³/mol. The van der Waals surface area contributed by atoms with E-state index >= 15 is 0 Å². The Bertz CT molecular complexity index is 773. The summed E-state index contributed by atoms with van der Waals surface area (Å²) in [6.45, 7) is 0.508. The van der Waals surface area contributed by atoms with E-state index in [9.17, 15) is 31.2 Å². The highest BCUT2D eigenvalue weighted by molar-refractivity contribution is 7.88. The number of halogens is 3. The zero-order valence-corrected chi connectivity index (χ0v) is 14.2. The number of rotatable bonds is 6. The second-order valence-corrected chi connectivity index (χ2v) is 7.71. The smallest absolute Gasteiger partial charge is 0.296 e. The molecule has 6 nitrogen and oxygen atoms in total. The zero-order valence-electron chi connectivity index (χ0n) is 13.3. The summed E-state index contributed by atoms with van der Waals surface area (Å²) in [4.78, 5) is 22.6. The molecule has 0 aromatic heterocycles. The third-order valence-corrected chi connectivity index (χ3v) is 5.40. The van der Waals surface area contributed by atoms with Gasteiger partial charge < -0.3 is 0 Å². The summed E-state index contributed by atoms with van der Waals surface area (Å²) in [5, 5.41) is 1.96. The molecule has 0 bridgehead atoms. The number of nitrogens with zero attached hydrogens (tertiary/aromatic N) is 1. The average Bonchev–Trinajstić information content (AvgIpc) is 3.27. The lowest BCUT2D eigenvalue weighted by atomic mass is 10.1. The number of carbonyl (C=O) groups is 2. The van der Waals surface area contributed by atoms with Gasteiger partial charge in [0.1, 0.15) is 0 Å². The van der Waals surface area contributed by atoms with Gasteiger partial charge in [0.25, 0.3) is 0 Å². The Balaban J connectivity index is 2.25. The van der Waals surface area contributed by atoms with Crippen LogP contribution in [0.15, 0.2) is 24.3 Å². The number of imide groups is 1. The summed E-state index contributed by atoms with van der Waals surface area (Å²) in [6.07, 6.45) is -3.64. The number of carbonyl (C=O) groups excluding carboxylic acids is 2. The van der Waals surface area contributed by atoms with Crippen LogP contribution < -0.4 is 5.32 Å². The molecule has 1 aliphatic carbocycles. The lowest BCUT2D eigenvalue weighted by Gasteiger charge is -2.22. The van der Waals surface area contributed by atoms with Crippen LogP contribution in [-0.4, -0.2) is 37.1 Å². The molecule has 2 rings (SSSR count). The summed E-state index contributed by atoms with van der Waals surface area (Å²) >= 11 is 0. The minimum Gasteiger partial charge on any atom is -0.296 e. The van der Waals surface area contributed by atoms with Crippen LogP contribution >= 0.6 is 0 Å². The molecule has 0 atom stereocenters. The molecule has 10 heteroatoms. The van der Waals surface area contributed by atoms with E-state index in [1.165, 1.54) is 12.1 Å². The highest BCUT2D eigenvalue weighted by Crippen LogP contribution is 2.35. The Kier molecular flexibility index (Phi) is 5.52. The molecule has 1 saturated carbocycles. The van der Waals surface area contributed by atoms with Crippen molar-refractivity contribution in [1.29, 1.82) is 0 Å². The second-order valence-electron chi connectivity index (χ2n) is 5.79. The van der Waals surface area contributed by atoms with Gasteiger partial charge in [0, 0.05) is 13.0 Å². The fraction of sp³-hybridized carbons (Fsp3) is 0.467. The average molecular weight is 378 g/mol. The molecule has 0 saturated heterocycles.